The number of phenolic OH excluding ortho intramolecular Hbond substituents is 1. The van der Waals surface area contributed by atoms with E-state index in [4.69, 9.17) is 14.2 Å². The van der Waals surface area contributed by atoms with Gasteiger partial charge in [0.15, 0.2) is 11.5 Å². The Morgan fingerprint density at radius 3 is 2.47 bits per heavy atom. The van der Waals surface area contributed by atoms with E-state index in [1.807, 2.05) is 12.1 Å². The minimum atomic E-state index is 0.241. The van der Waals surface area contributed by atoms with Gasteiger partial charge in [-0.05, 0) is 30.5 Å². The molecule has 0 saturated heterocycles. The highest BCUT2D eigenvalue weighted by Gasteiger charge is 2.20. The molecular formula is C22H24N4O4. The van der Waals surface area contributed by atoms with Crippen molar-refractivity contribution in [3.63, 3.8) is 0 Å². The van der Waals surface area contributed by atoms with Gasteiger partial charge in [0, 0.05) is 42.3 Å². The monoisotopic (exact) mass is 408 g/mol. The van der Waals surface area contributed by atoms with Gasteiger partial charge in [-0.1, -0.05) is 6.07 Å². The van der Waals surface area contributed by atoms with Gasteiger partial charge in [0.05, 0.1) is 21.3 Å². The number of fused-ring (bicyclic) bond motifs is 1. The summed E-state index contributed by atoms with van der Waals surface area (Å²) in [5.41, 5.74) is 2.87. The zero-order chi connectivity index (χ0) is 21.1. The number of nitrogens with one attached hydrogen (secondary N) is 1. The molecule has 30 heavy (non-hydrogen) atoms. The van der Waals surface area contributed by atoms with Gasteiger partial charge in [-0.15, -0.1) is 0 Å². The summed E-state index contributed by atoms with van der Waals surface area (Å²) in [6, 6.07) is 10.9. The number of benzene rings is 2. The maximum atomic E-state index is 9.94. The predicted octanol–water partition coefficient (Wildman–Crippen LogP) is 4.04. The van der Waals surface area contributed by atoms with Crippen molar-refractivity contribution in [2.45, 2.75) is 12.8 Å². The summed E-state index contributed by atoms with van der Waals surface area (Å²) in [6.07, 6.45) is 3.70. The molecule has 3 aromatic rings. The van der Waals surface area contributed by atoms with E-state index in [-0.39, 0.29) is 5.75 Å². The van der Waals surface area contributed by atoms with Crippen LogP contribution in [0.25, 0.3) is 0 Å². The Bertz CT molecular complexity index is 1030. The van der Waals surface area contributed by atoms with Crippen LogP contribution in [0.4, 0.5) is 23.1 Å². The molecule has 0 spiro atoms. The summed E-state index contributed by atoms with van der Waals surface area (Å²) >= 11 is 0. The van der Waals surface area contributed by atoms with E-state index in [1.54, 1.807) is 51.8 Å². The van der Waals surface area contributed by atoms with Crippen molar-refractivity contribution in [3.05, 3.63) is 48.2 Å². The zero-order valence-corrected chi connectivity index (χ0v) is 17.2. The zero-order valence-electron chi connectivity index (χ0n) is 17.2. The Hall–Kier alpha value is -3.68. The molecule has 2 aromatic carbocycles. The first kappa shape index (κ1) is 19.6. The van der Waals surface area contributed by atoms with E-state index in [1.165, 1.54) is 5.56 Å². The molecule has 1 aliphatic heterocycles. The normalized spacial score (nSPS) is 12.8. The maximum absolute atomic E-state index is 9.94. The minimum Gasteiger partial charge on any atom is -0.508 e. The fourth-order valence-electron chi connectivity index (χ4n) is 3.64. The van der Waals surface area contributed by atoms with Crippen molar-refractivity contribution in [3.8, 4) is 23.0 Å². The second-order valence-corrected chi connectivity index (χ2v) is 6.85. The van der Waals surface area contributed by atoms with Gasteiger partial charge in [-0.3, -0.25) is 0 Å². The highest BCUT2D eigenvalue weighted by atomic mass is 16.5. The number of aromatic hydroxyl groups is 1. The van der Waals surface area contributed by atoms with Crippen LogP contribution in [0.5, 0.6) is 23.0 Å². The van der Waals surface area contributed by atoms with Gasteiger partial charge < -0.3 is 29.5 Å². The quantitative estimate of drug-likeness (QED) is 0.632. The van der Waals surface area contributed by atoms with Gasteiger partial charge in [0.1, 0.15) is 11.6 Å². The molecule has 2 N–H and O–H groups in total. The Kier molecular flexibility index (Phi) is 5.47. The summed E-state index contributed by atoms with van der Waals surface area (Å²) in [5, 5.41) is 13.1. The second-order valence-electron chi connectivity index (χ2n) is 6.85. The topological polar surface area (TPSA) is 89.0 Å². The molecule has 8 heteroatoms. The minimum absolute atomic E-state index is 0.241. The van der Waals surface area contributed by atoms with E-state index < -0.39 is 0 Å². The maximum Gasteiger partial charge on any atom is 0.229 e. The van der Waals surface area contributed by atoms with Gasteiger partial charge in [0.25, 0.3) is 0 Å². The van der Waals surface area contributed by atoms with Crippen LogP contribution in [-0.2, 0) is 6.42 Å². The Morgan fingerprint density at radius 2 is 1.77 bits per heavy atom. The average molecular weight is 408 g/mol. The van der Waals surface area contributed by atoms with Crippen molar-refractivity contribution >= 4 is 23.1 Å². The number of hydrogen-bond acceptors (Lipinski definition) is 8. The van der Waals surface area contributed by atoms with Gasteiger partial charge >= 0.3 is 0 Å². The standard InChI is InChI=1S/C22H24N4O4/c1-28-18-11-15(12-19(29-2)21(18)30-3)24-22-23-9-8-20(25-22)26-10-4-5-14-6-7-16(27)13-17(14)26/h6-9,11-13,27H,4-5,10H2,1-3H3,(H,23,24,25). The summed E-state index contributed by atoms with van der Waals surface area (Å²) < 4.78 is 16.2. The number of anilines is 4. The van der Waals surface area contributed by atoms with Gasteiger partial charge in [-0.2, -0.15) is 4.98 Å². The van der Waals surface area contributed by atoms with E-state index in [0.29, 0.717) is 28.9 Å². The third kappa shape index (κ3) is 3.76. The molecular weight excluding hydrogens is 384 g/mol. The molecule has 156 valence electrons. The number of phenols is 1. The number of methoxy groups -OCH3 is 3. The largest absolute Gasteiger partial charge is 0.508 e. The number of rotatable bonds is 6. The van der Waals surface area contributed by atoms with Crippen LogP contribution in [0.2, 0.25) is 0 Å². The summed E-state index contributed by atoms with van der Waals surface area (Å²) in [4.78, 5) is 11.1. The number of ether oxygens (including phenoxy) is 3. The molecule has 1 aromatic heterocycles. The Balaban J connectivity index is 1.65. The summed E-state index contributed by atoms with van der Waals surface area (Å²) in [5.74, 6) is 3.03. The number of hydrogen-bond donors (Lipinski definition) is 2. The Morgan fingerprint density at radius 1 is 1.00 bits per heavy atom. The second kappa shape index (κ2) is 8.36. The first-order valence-corrected chi connectivity index (χ1v) is 9.62. The fourth-order valence-corrected chi connectivity index (χ4v) is 3.64. The molecule has 0 radical (unpaired) electrons. The molecule has 0 saturated carbocycles. The molecule has 0 atom stereocenters. The summed E-state index contributed by atoms with van der Waals surface area (Å²) in [7, 11) is 4.71. The van der Waals surface area contributed by atoms with Crippen molar-refractivity contribution in [1.82, 2.24) is 9.97 Å². The molecule has 0 bridgehead atoms. The van der Waals surface area contributed by atoms with Crippen LogP contribution in [0.1, 0.15) is 12.0 Å². The number of aryl methyl sites for hydroxylation is 1. The lowest BCUT2D eigenvalue weighted by Crippen LogP contribution is -2.25. The highest BCUT2D eigenvalue weighted by molar-refractivity contribution is 5.69. The first-order chi connectivity index (χ1) is 14.6. The van der Waals surface area contributed by atoms with Crippen LogP contribution in [0.3, 0.4) is 0 Å². The predicted molar refractivity (Wildman–Crippen MR) is 115 cm³/mol. The van der Waals surface area contributed by atoms with Crippen LogP contribution in [0, 0.1) is 0 Å². The summed E-state index contributed by atoms with van der Waals surface area (Å²) in [6.45, 7) is 0.817. The van der Waals surface area contributed by atoms with Crippen molar-refractivity contribution < 1.29 is 19.3 Å². The highest BCUT2D eigenvalue weighted by Crippen LogP contribution is 2.40. The molecule has 2 heterocycles. The fraction of sp³-hybridized carbons (Fsp3) is 0.273. The van der Waals surface area contributed by atoms with E-state index >= 15 is 0 Å². The molecule has 0 unspecified atom stereocenters. The molecule has 0 fully saturated rings. The van der Waals surface area contributed by atoms with E-state index in [0.717, 1.165) is 30.9 Å². The van der Waals surface area contributed by atoms with Crippen LogP contribution >= 0.6 is 0 Å². The van der Waals surface area contributed by atoms with Crippen molar-refractivity contribution in [2.24, 2.45) is 0 Å². The van der Waals surface area contributed by atoms with Crippen LogP contribution in [0.15, 0.2) is 42.6 Å². The molecule has 0 amide bonds. The van der Waals surface area contributed by atoms with Crippen molar-refractivity contribution in [1.29, 1.82) is 0 Å². The molecule has 1 aliphatic rings. The van der Waals surface area contributed by atoms with E-state index in [2.05, 4.69) is 20.2 Å². The van der Waals surface area contributed by atoms with Crippen LogP contribution < -0.4 is 24.4 Å². The molecule has 4 rings (SSSR count). The van der Waals surface area contributed by atoms with Crippen molar-refractivity contribution in [2.75, 3.05) is 38.1 Å². The lowest BCUT2D eigenvalue weighted by atomic mass is 10.0. The average Bonchev–Trinajstić information content (AvgIpc) is 2.78. The molecule has 8 nitrogen and oxygen atoms in total. The third-order valence-corrected chi connectivity index (χ3v) is 5.03. The van der Waals surface area contributed by atoms with Gasteiger partial charge in [0.2, 0.25) is 11.7 Å². The number of aromatic nitrogens is 2. The third-order valence-electron chi connectivity index (χ3n) is 5.03. The van der Waals surface area contributed by atoms with Crippen LogP contribution in [-0.4, -0.2) is 42.9 Å². The lowest BCUT2D eigenvalue weighted by molar-refractivity contribution is 0.324. The Labute approximate surface area is 175 Å². The van der Waals surface area contributed by atoms with Gasteiger partial charge in [-0.25, -0.2) is 4.98 Å². The molecule has 0 aliphatic carbocycles. The smallest absolute Gasteiger partial charge is 0.229 e. The lowest BCUT2D eigenvalue weighted by Gasteiger charge is -2.30. The SMILES string of the molecule is COc1cc(Nc2nccc(N3CCCc4ccc(O)cc43)n2)cc(OC)c1OC. The first-order valence-electron chi connectivity index (χ1n) is 9.62. The number of nitrogens with zero attached hydrogens (tertiary/aromatic N) is 3. The van der Waals surface area contributed by atoms with E-state index in [9.17, 15) is 5.11 Å².